The predicted molar refractivity (Wildman–Crippen MR) is 69.4 cm³/mol. The summed E-state index contributed by atoms with van der Waals surface area (Å²) >= 11 is 11.8. The molecule has 0 saturated heterocycles. The third kappa shape index (κ3) is 4.20. The minimum absolute atomic E-state index is 0.0883. The third-order valence-corrected chi connectivity index (χ3v) is 3.03. The van der Waals surface area contributed by atoms with Crippen LogP contribution in [0.2, 0.25) is 10.0 Å². The number of hydrogen-bond donors (Lipinski definition) is 1. The number of hydrogen-bond acceptors (Lipinski definition) is 2. The largest absolute Gasteiger partial charge is 0.492 e. The number of ether oxygens (including phenoxy) is 1. The van der Waals surface area contributed by atoms with Gasteiger partial charge >= 0.3 is 0 Å². The molecule has 2 nitrogen and oxygen atoms in total. The molecular weight excluding hydrogens is 245 g/mol. The summed E-state index contributed by atoms with van der Waals surface area (Å²) in [4.78, 5) is 0. The Morgan fingerprint density at radius 2 is 2.00 bits per heavy atom. The van der Waals surface area contributed by atoms with Gasteiger partial charge in [-0.15, -0.1) is 0 Å². The lowest BCUT2D eigenvalue weighted by Gasteiger charge is -2.22. The molecule has 16 heavy (non-hydrogen) atoms. The molecule has 0 aliphatic carbocycles. The summed E-state index contributed by atoms with van der Waals surface area (Å²) in [6.07, 6.45) is 0.881. The summed E-state index contributed by atoms with van der Waals surface area (Å²) < 4.78 is 5.58. The zero-order valence-corrected chi connectivity index (χ0v) is 11.1. The fraction of sp³-hybridized carbons (Fsp3) is 0.500. The average Bonchev–Trinajstić information content (AvgIpc) is 2.23. The van der Waals surface area contributed by atoms with Crippen molar-refractivity contribution in [3.05, 3.63) is 28.2 Å². The molecule has 0 aliphatic rings. The van der Waals surface area contributed by atoms with Crippen molar-refractivity contribution in [3.63, 3.8) is 0 Å². The Morgan fingerprint density at radius 1 is 1.31 bits per heavy atom. The first kappa shape index (κ1) is 13.6. The summed E-state index contributed by atoms with van der Waals surface area (Å²) in [6, 6.07) is 5.19. The molecule has 0 atom stereocenters. The molecule has 0 radical (unpaired) electrons. The lowest BCUT2D eigenvalue weighted by atomic mass is 9.90. The Labute approximate surface area is 107 Å². The van der Waals surface area contributed by atoms with Gasteiger partial charge in [-0.1, -0.05) is 37.0 Å². The van der Waals surface area contributed by atoms with E-state index in [0.717, 1.165) is 6.42 Å². The standard InChI is InChI=1S/C12H17Cl2NO/c1-12(2,8-15)5-6-16-11-7-9(13)3-4-10(11)14/h3-4,7H,5-6,8,15H2,1-2H3. The number of rotatable bonds is 5. The van der Waals surface area contributed by atoms with Gasteiger partial charge in [-0.25, -0.2) is 0 Å². The molecule has 0 heterocycles. The first-order chi connectivity index (χ1) is 7.44. The van der Waals surface area contributed by atoms with E-state index in [1.165, 1.54) is 0 Å². The molecule has 0 spiro atoms. The maximum atomic E-state index is 5.97. The van der Waals surface area contributed by atoms with Crippen LogP contribution in [0.4, 0.5) is 0 Å². The second-order valence-corrected chi connectivity index (χ2v) is 5.39. The second-order valence-electron chi connectivity index (χ2n) is 4.54. The Balaban J connectivity index is 2.52. The summed E-state index contributed by atoms with van der Waals surface area (Å²) in [7, 11) is 0. The van der Waals surface area contributed by atoms with Gasteiger partial charge in [0.15, 0.2) is 0 Å². The van der Waals surface area contributed by atoms with E-state index in [4.69, 9.17) is 33.7 Å². The van der Waals surface area contributed by atoms with E-state index in [9.17, 15) is 0 Å². The van der Waals surface area contributed by atoms with Crippen molar-refractivity contribution in [1.29, 1.82) is 0 Å². The molecule has 0 bridgehead atoms. The summed E-state index contributed by atoms with van der Waals surface area (Å²) in [6.45, 7) is 5.44. The predicted octanol–water partition coefficient (Wildman–Crippen LogP) is 3.75. The smallest absolute Gasteiger partial charge is 0.139 e. The van der Waals surface area contributed by atoms with Crippen LogP contribution >= 0.6 is 23.2 Å². The van der Waals surface area contributed by atoms with Crippen molar-refractivity contribution in [1.82, 2.24) is 0 Å². The van der Waals surface area contributed by atoms with E-state index >= 15 is 0 Å². The lowest BCUT2D eigenvalue weighted by molar-refractivity contribution is 0.233. The SMILES string of the molecule is CC(C)(CN)CCOc1cc(Cl)ccc1Cl. The highest BCUT2D eigenvalue weighted by Crippen LogP contribution is 2.28. The summed E-state index contributed by atoms with van der Waals surface area (Å²) in [5, 5.41) is 1.20. The maximum absolute atomic E-state index is 5.97. The monoisotopic (exact) mass is 261 g/mol. The van der Waals surface area contributed by atoms with Crippen molar-refractivity contribution in [2.45, 2.75) is 20.3 Å². The van der Waals surface area contributed by atoms with Crippen molar-refractivity contribution in [2.75, 3.05) is 13.2 Å². The fourth-order valence-corrected chi connectivity index (χ4v) is 1.46. The van der Waals surface area contributed by atoms with Gasteiger partial charge in [0.25, 0.3) is 0 Å². The fourth-order valence-electron chi connectivity index (χ4n) is 1.13. The van der Waals surface area contributed by atoms with Crippen LogP contribution in [0.1, 0.15) is 20.3 Å². The minimum Gasteiger partial charge on any atom is -0.492 e. The highest BCUT2D eigenvalue weighted by molar-refractivity contribution is 6.34. The highest BCUT2D eigenvalue weighted by atomic mass is 35.5. The van der Waals surface area contributed by atoms with Crippen LogP contribution in [0.5, 0.6) is 5.75 Å². The molecule has 90 valence electrons. The van der Waals surface area contributed by atoms with Gasteiger partial charge in [0.2, 0.25) is 0 Å². The van der Waals surface area contributed by atoms with Crippen molar-refractivity contribution >= 4 is 23.2 Å². The zero-order chi connectivity index (χ0) is 12.2. The molecule has 2 N–H and O–H groups in total. The number of nitrogens with two attached hydrogens (primary N) is 1. The van der Waals surface area contributed by atoms with Gasteiger partial charge < -0.3 is 10.5 Å². The first-order valence-corrected chi connectivity index (χ1v) is 5.98. The van der Waals surface area contributed by atoms with E-state index in [0.29, 0.717) is 28.9 Å². The van der Waals surface area contributed by atoms with Crippen LogP contribution < -0.4 is 10.5 Å². The van der Waals surface area contributed by atoms with E-state index in [2.05, 4.69) is 13.8 Å². The van der Waals surface area contributed by atoms with Gasteiger partial charge in [-0.3, -0.25) is 0 Å². The number of halogens is 2. The number of benzene rings is 1. The molecule has 0 unspecified atom stereocenters. The first-order valence-electron chi connectivity index (χ1n) is 5.22. The van der Waals surface area contributed by atoms with Crippen LogP contribution in [0.3, 0.4) is 0 Å². The molecule has 0 aromatic heterocycles. The molecule has 0 amide bonds. The Hall–Kier alpha value is -0.440. The van der Waals surface area contributed by atoms with Crippen LogP contribution in [0.25, 0.3) is 0 Å². The van der Waals surface area contributed by atoms with Crippen LogP contribution in [-0.4, -0.2) is 13.2 Å². The zero-order valence-electron chi connectivity index (χ0n) is 9.59. The highest BCUT2D eigenvalue weighted by Gasteiger charge is 2.15. The van der Waals surface area contributed by atoms with E-state index < -0.39 is 0 Å². The van der Waals surface area contributed by atoms with Crippen LogP contribution in [0.15, 0.2) is 18.2 Å². The maximum Gasteiger partial charge on any atom is 0.139 e. The molecule has 0 aliphatic heterocycles. The Bertz CT molecular complexity index is 353. The van der Waals surface area contributed by atoms with Crippen molar-refractivity contribution in [2.24, 2.45) is 11.1 Å². The summed E-state index contributed by atoms with van der Waals surface area (Å²) in [5.74, 6) is 0.627. The topological polar surface area (TPSA) is 35.2 Å². The van der Waals surface area contributed by atoms with Gasteiger partial charge in [0.05, 0.1) is 11.6 Å². The van der Waals surface area contributed by atoms with Crippen molar-refractivity contribution < 1.29 is 4.74 Å². The summed E-state index contributed by atoms with van der Waals surface area (Å²) in [5.41, 5.74) is 5.73. The molecule has 0 saturated carbocycles. The van der Waals surface area contributed by atoms with Gasteiger partial charge in [-0.2, -0.15) is 0 Å². The van der Waals surface area contributed by atoms with E-state index in [-0.39, 0.29) is 5.41 Å². The Morgan fingerprint density at radius 3 is 2.62 bits per heavy atom. The molecule has 4 heteroatoms. The van der Waals surface area contributed by atoms with E-state index in [1.807, 2.05) is 0 Å². The third-order valence-electron chi connectivity index (χ3n) is 2.48. The minimum atomic E-state index is 0.0883. The second kappa shape index (κ2) is 5.76. The van der Waals surface area contributed by atoms with Gasteiger partial charge in [0, 0.05) is 11.1 Å². The molecule has 1 aromatic carbocycles. The average molecular weight is 262 g/mol. The van der Waals surface area contributed by atoms with Gasteiger partial charge in [0.1, 0.15) is 5.75 Å². The molecule has 1 aromatic rings. The van der Waals surface area contributed by atoms with E-state index in [1.54, 1.807) is 18.2 Å². The van der Waals surface area contributed by atoms with Crippen LogP contribution in [-0.2, 0) is 0 Å². The molecule has 0 fully saturated rings. The normalized spacial score (nSPS) is 11.6. The van der Waals surface area contributed by atoms with Crippen LogP contribution in [0, 0.1) is 5.41 Å². The molecule has 1 rings (SSSR count). The van der Waals surface area contributed by atoms with Crippen molar-refractivity contribution in [3.8, 4) is 5.75 Å². The Kier molecular flexibility index (Phi) is 4.90. The lowest BCUT2D eigenvalue weighted by Crippen LogP contribution is -2.25. The van der Waals surface area contributed by atoms with Gasteiger partial charge in [-0.05, 0) is 30.5 Å². The quantitative estimate of drug-likeness (QED) is 0.877. The molecular formula is C12H17Cl2NO.